The molecule has 0 spiro atoms. The lowest BCUT2D eigenvalue weighted by Gasteiger charge is -2.33. The number of nitrogens with one attached hydrogen (secondary N) is 1. The Bertz CT molecular complexity index is 1090. The van der Waals surface area contributed by atoms with E-state index in [0.29, 0.717) is 31.4 Å². The van der Waals surface area contributed by atoms with Gasteiger partial charge in [-0.25, -0.2) is 9.97 Å². The molecule has 33 heavy (non-hydrogen) atoms. The zero-order chi connectivity index (χ0) is 23.0. The molecule has 1 saturated heterocycles. The summed E-state index contributed by atoms with van der Waals surface area (Å²) in [6, 6.07) is 15.6. The quantitative estimate of drug-likeness (QED) is 0.549. The Labute approximate surface area is 194 Å². The molecule has 0 unspecified atom stereocenters. The second-order valence-corrected chi connectivity index (χ2v) is 8.10. The first-order valence-corrected chi connectivity index (χ1v) is 11.4. The van der Waals surface area contributed by atoms with E-state index in [1.54, 1.807) is 12.4 Å². The van der Waals surface area contributed by atoms with Crippen molar-refractivity contribution in [2.24, 2.45) is 5.92 Å². The van der Waals surface area contributed by atoms with E-state index >= 15 is 0 Å². The van der Waals surface area contributed by atoms with Crippen LogP contribution in [-0.2, 0) is 11.3 Å². The highest BCUT2D eigenvalue weighted by molar-refractivity contribution is 5.79. The number of ether oxygens (including phenoxy) is 2. The summed E-state index contributed by atoms with van der Waals surface area (Å²) in [5.74, 6) is 2.59. The van der Waals surface area contributed by atoms with Gasteiger partial charge >= 0.3 is 0 Å². The van der Waals surface area contributed by atoms with Crippen LogP contribution in [0.3, 0.4) is 0 Å². The van der Waals surface area contributed by atoms with Crippen LogP contribution >= 0.6 is 0 Å². The number of amides is 1. The van der Waals surface area contributed by atoms with E-state index in [9.17, 15) is 4.79 Å². The minimum atomic E-state index is -0.133. The minimum Gasteiger partial charge on any atom is -0.494 e. The first-order valence-electron chi connectivity index (χ1n) is 11.4. The van der Waals surface area contributed by atoms with Gasteiger partial charge in [-0.3, -0.25) is 4.79 Å². The Kier molecular flexibility index (Phi) is 7.40. The van der Waals surface area contributed by atoms with Crippen molar-refractivity contribution in [3.8, 4) is 17.4 Å². The van der Waals surface area contributed by atoms with E-state index in [1.165, 1.54) is 0 Å². The fraction of sp³-hybridized carbons (Fsp3) is 0.346. The van der Waals surface area contributed by atoms with Crippen molar-refractivity contribution in [1.82, 2.24) is 15.3 Å². The predicted octanol–water partition coefficient (Wildman–Crippen LogP) is 4.51. The van der Waals surface area contributed by atoms with Gasteiger partial charge in [0.2, 0.25) is 5.91 Å². The Balaban J connectivity index is 1.43. The summed E-state index contributed by atoms with van der Waals surface area (Å²) in [6.07, 6.45) is 5.02. The van der Waals surface area contributed by atoms with Crippen molar-refractivity contribution in [1.29, 1.82) is 0 Å². The van der Waals surface area contributed by atoms with Crippen LogP contribution in [0.4, 0.5) is 5.82 Å². The zero-order valence-corrected chi connectivity index (χ0v) is 19.2. The maximum Gasteiger partial charge on any atom is 0.263 e. The number of benzene rings is 2. The van der Waals surface area contributed by atoms with Crippen molar-refractivity contribution in [3.63, 3.8) is 0 Å². The third kappa shape index (κ3) is 5.61. The maximum absolute atomic E-state index is 13.0. The molecule has 4 rings (SSSR count). The smallest absolute Gasteiger partial charge is 0.263 e. The summed E-state index contributed by atoms with van der Waals surface area (Å²) in [5, 5.41) is 3.09. The van der Waals surface area contributed by atoms with E-state index in [2.05, 4.69) is 20.2 Å². The molecule has 0 saturated carbocycles. The predicted molar refractivity (Wildman–Crippen MR) is 128 cm³/mol. The second-order valence-electron chi connectivity index (χ2n) is 8.10. The number of rotatable bonds is 8. The Morgan fingerprint density at radius 3 is 2.67 bits per heavy atom. The number of hydrogen-bond acceptors (Lipinski definition) is 6. The summed E-state index contributed by atoms with van der Waals surface area (Å²) in [6.45, 7) is 6.36. The van der Waals surface area contributed by atoms with Crippen LogP contribution in [0.5, 0.6) is 17.4 Å². The fourth-order valence-electron chi connectivity index (χ4n) is 4.04. The van der Waals surface area contributed by atoms with Gasteiger partial charge in [0, 0.05) is 37.6 Å². The molecule has 1 aromatic heterocycles. The molecule has 0 aliphatic carbocycles. The number of aryl methyl sites for hydroxylation is 1. The molecule has 1 N–H and O–H groups in total. The number of piperidine rings is 1. The number of hydrogen-bond donors (Lipinski definition) is 1. The van der Waals surface area contributed by atoms with Crippen molar-refractivity contribution in [3.05, 3.63) is 72.1 Å². The summed E-state index contributed by atoms with van der Waals surface area (Å²) in [4.78, 5) is 24.1. The van der Waals surface area contributed by atoms with E-state index in [0.717, 1.165) is 42.0 Å². The molecule has 3 aromatic rings. The molecule has 1 atom stereocenters. The summed E-state index contributed by atoms with van der Waals surface area (Å²) in [5.41, 5.74) is 2.00. The van der Waals surface area contributed by atoms with E-state index in [1.807, 2.05) is 62.4 Å². The Morgan fingerprint density at radius 1 is 1.09 bits per heavy atom. The molecule has 1 fully saturated rings. The number of anilines is 1. The van der Waals surface area contributed by atoms with Crippen molar-refractivity contribution in [2.75, 3.05) is 24.6 Å². The molecule has 0 radical (unpaired) electrons. The lowest BCUT2D eigenvalue weighted by atomic mass is 9.97. The average Bonchev–Trinajstić information content (AvgIpc) is 2.85. The summed E-state index contributed by atoms with van der Waals surface area (Å²) in [7, 11) is 0. The largest absolute Gasteiger partial charge is 0.494 e. The van der Waals surface area contributed by atoms with Crippen LogP contribution in [0.2, 0.25) is 0 Å². The maximum atomic E-state index is 13.0. The standard InChI is InChI=1S/C26H30N4O3/c1-3-32-23-13-7-5-10-20(23)17-29-25(31)21-11-8-16-30(18-21)24-26(28-15-14-27-24)33-22-12-6-4-9-19(22)2/h4-7,9-10,12-15,21H,3,8,11,16-18H2,1-2H3,(H,29,31)/t21-/m1/s1. The molecule has 2 aromatic carbocycles. The highest BCUT2D eigenvalue weighted by Gasteiger charge is 2.28. The van der Waals surface area contributed by atoms with Crippen LogP contribution in [0.25, 0.3) is 0 Å². The van der Waals surface area contributed by atoms with Crippen LogP contribution < -0.4 is 19.7 Å². The van der Waals surface area contributed by atoms with Crippen LogP contribution in [0.1, 0.15) is 30.9 Å². The molecular weight excluding hydrogens is 416 g/mol. The van der Waals surface area contributed by atoms with Gasteiger partial charge in [-0.15, -0.1) is 0 Å². The van der Waals surface area contributed by atoms with Crippen molar-refractivity contribution >= 4 is 11.7 Å². The van der Waals surface area contributed by atoms with Gasteiger partial charge in [0.25, 0.3) is 5.88 Å². The van der Waals surface area contributed by atoms with E-state index in [4.69, 9.17) is 9.47 Å². The van der Waals surface area contributed by atoms with E-state index < -0.39 is 0 Å². The number of nitrogens with zero attached hydrogens (tertiary/aromatic N) is 3. The lowest BCUT2D eigenvalue weighted by Crippen LogP contribution is -2.43. The highest BCUT2D eigenvalue weighted by atomic mass is 16.5. The number of carbonyl (C=O) groups is 1. The normalized spacial score (nSPS) is 15.7. The SMILES string of the molecule is CCOc1ccccc1CNC(=O)[C@@H]1CCCN(c2nccnc2Oc2ccccc2C)C1. The number of carbonyl (C=O) groups excluding carboxylic acids is 1. The van der Waals surface area contributed by atoms with Gasteiger partial charge in [-0.2, -0.15) is 0 Å². The average molecular weight is 447 g/mol. The molecule has 7 heteroatoms. The second kappa shape index (κ2) is 10.8. The van der Waals surface area contributed by atoms with Gasteiger partial charge in [0.1, 0.15) is 11.5 Å². The van der Waals surface area contributed by atoms with Gasteiger partial charge < -0.3 is 19.7 Å². The molecule has 1 aliphatic heterocycles. The monoisotopic (exact) mass is 446 g/mol. The molecule has 1 amide bonds. The molecule has 1 aliphatic rings. The zero-order valence-electron chi connectivity index (χ0n) is 19.2. The first kappa shape index (κ1) is 22.6. The minimum absolute atomic E-state index is 0.0382. The topological polar surface area (TPSA) is 76.6 Å². The highest BCUT2D eigenvalue weighted by Crippen LogP contribution is 2.32. The summed E-state index contributed by atoms with van der Waals surface area (Å²) < 4.78 is 11.8. The third-order valence-corrected chi connectivity index (χ3v) is 5.76. The number of aromatic nitrogens is 2. The van der Waals surface area contributed by atoms with E-state index in [-0.39, 0.29) is 11.8 Å². The molecule has 2 heterocycles. The van der Waals surface area contributed by atoms with Crippen molar-refractivity contribution < 1.29 is 14.3 Å². The Morgan fingerprint density at radius 2 is 1.85 bits per heavy atom. The Hall–Kier alpha value is -3.61. The van der Waals surface area contributed by atoms with Crippen molar-refractivity contribution in [2.45, 2.75) is 33.2 Å². The van der Waals surface area contributed by atoms with Crippen LogP contribution in [-0.4, -0.2) is 35.6 Å². The fourth-order valence-corrected chi connectivity index (χ4v) is 4.04. The number of para-hydroxylation sites is 2. The molecule has 172 valence electrons. The van der Waals surface area contributed by atoms with Crippen LogP contribution in [0.15, 0.2) is 60.9 Å². The van der Waals surface area contributed by atoms with Crippen LogP contribution in [0, 0.1) is 12.8 Å². The molecule has 0 bridgehead atoms. The molecule has 7 nitrogen and oxygen atoms in total. The van der Waals surface area contributed by atoms with Gasteiger partial charge in [-0.05, 0) is 44.4 Å². The molecular formula is C26H30N4O3. The lowest BCUT2D eigenvalue weighted by molar-refractivity contribution is -0.125. The summed E-state index contributed by atoms with van der Waals surface area (Å²) >= 11 is 0. The van der Waals surface area contributed by atoms with Gasteiger partial charge in [0.05, 0.1) is 12.5 Å². The van der Waals surface area contributed by atoms with Gasteiger partial charge in [0.15, 0.2) is 5.82 Å². The third-order valence-electron chi connectivity index (χ3n) is 5.76. The first-order chi connectivity index (χ1) is 16.2. The van der Waals surface area contributed by atoms with Gasteiger partial charge in [-0.1, -0.05) is 36.4 Å².